The predicted molar refractivity (Wildman–Crippen MR) is 110 cm³/mol. The lowest BCUT2D eigenvalue weighted by Crippen LogP contribution is -2.30. The Bertz CT molecular complexity index is 1010. The molecule has 30 heavy (non-hydrogen) atoms. The number of sulfonamides is 1. The fourth-order valence-corrected chi connectivity index (χ4v) is 3.33. The number of amides is 1. The minimum atomic E-state index is -3.74. The maximum Gasteiger partial charge on any atom is 0.338 e. The van der Waals surface area contributed by atoms with Crippen LogP contribution < -0.4 is 14.8 Å². The minimum absolute atomic E-state index is 0.0365. The maximum absolute atomic E-state index is 12.0. The molecule has 0 heterocycles. The molecule has 0 aliphatic rings. The molecule has 0 aliphatic carbocycles. The lowest BCUT2D eigenvalue weighted by molar-refractivity contribution is -0.124. The highest BCUT2D eigenvalue weighted by molar-refractivity contribution is 7.89. The highest BCUT2D eigenvalue weighted by Crippen LogP contribution is 2.12. The number of hydrogen-bond acceptors (Lipinski definition) is 6. The van der Waals surface area contributed by atoms with Gasteiger partial charge in [-0.3, -0.25) is 4.79 Å². The Hall–Kier alpha value is -3.35. The van der Waals surface area contributed by atoms with Crippen molar-refractivity contribution in [3.05, 3.63) is 59.7 Å². The summed E-state index contributed by atoms with van der Waals surface area (Å²) in [4.78, 5) is 23.8. The van der Waals surface area contributed by atoms with Gasteiger partial charge in [-0.15, -0.1) is 6.42 Å². The molecule has 2 rings (SSSR count). The highest BCUT2D eigenvalue weighted by Gasteiger charge is 2.15. The fraction of sp³-hybridized carbons (Fsp3) is 0.238. The molecule has 2 aromatic rings. The Morgan fingerprint density at radius 3 is 2.33 bits per heavy atom. The Kier molecular flexibility index (Phi) is 8.41. The van der Waals surface area contributed by atoms with Gasteiger partial charge < -0.3 is 14.8 Å². The molecule has 9 heteroatoms. The molecular weight excluding hydrogens is 408 g/mol. The molecule has 8 nitrogen and oxygen atoms in total. The third-order valence-corrected chi connectivity index (χ3v) is 5.41. The zero-order valence-corrected chi connectivity index (χ0v) is 17.2. The average Bonchev–Trinajstić information content (AvgIpc) is 2.76. The van der Waals surface area contributed by atoms with E-state index in [0.29, 0.717) is 13.0 Å². The zero-order valence-electron chi connectivity index (χ0n) is 16.4. The Balaban J connectivity index is 1.77. The van der Waals surface area contributed by atoms with Crippen molar-refractivity contribution in [1.29, 1.82) is 0 Å². The van der Waals surface area contributed by atoms with Crippen LogP contribution in [0.5, 0.6) is 5.75 Å². The van der Waals surface area contributed by atoms with Crippen molar-refractivity contribution in [2.75, 3.05) is 26.8 Å². The van der Waals surface area contributed by atoms with E-state index in [2.05, 4.69) is 16.0 Å². The molecular formula is C21H22N2O6S. The largest absolute Gasteiger partial charge is 0.497 e. The van der Waals surface area contributed by atoms with Crippen LogP contribution in [-0.4, -0.2) is 47.1 Å². The third-order valence-electron chi connectivity index (χ3n) is 3.99. The minimum Gasteiger partial charge on any atom is -0.497 e. The molecule has 0 unspecified atom stereocenters. The van der Waals surface area contributed by atoms with Crippen molar-refractivity contribution < 1.29 is 27.5 Å². The second-order valence-electron chi connectivity index (χ2n) is 6.08. The van der Waals surface area contributed by atoms with Gasteiger partial charge in [-0.2, -0.15) is 4.72 Å². The molecule has 1 amide bonds. The summed E-state index contributed by atoms with van der Waals surface area (Å²) in [5.74, 6) is 1.75. The van der Waals surface area contributed by atoms with E-state index in [4.69, 9.17) is 15.9 Å². The molecule has 0 fully saturated rings. The van der Waals surface area contributed by atoms with Gasteiger partial charge >= 0.3 is 5.97 Å². The number of benzene rings is 2. The van der Waals surface area contributed by atoms with Gasteiger partial charge in [0.2, 0.25) is 10.0 Å². The van der Waals surface area contributed by atoms with E-state index in [1.165, 1.54) is 24.3 Å². The molecule has 0 radical (unpaired) electrons. The summed E-state index contributed by atoms with van der Waals surface area (Å²) in [5.41, 5.74) is 1.15. The van der Waals surface area contributed by atoms with Gasteiger partial charge in [0.15, 0.2) is 6.61 Å². The quantitative estimate of drug-likeness (QED) is 0.432. The van der Waals surface area contributed by atoms with Crippen LogP contribution in [0.2, 0.25) is 0 Å². The Morgan fingerprint density at radius 1 is 1.07 bits per heavy atom. The Labute approximate surface area is 175 Å². The first kappa shape index (κ1) is 22.9. The summed E-state index contributed by atoms with van der Waals surface area (Å²) in [7, 11) is -2.16. The van der Waals surface area contributed by atoms with Crippen molar-refractivity contribution in [1.82, 2.24) is 10.0 Å². The molecule has 0 atom stereocenters. The first-order valence-electron chi connectivity index (χ1n) is 8.95. The van der Waals surface area contributed by atoms with E-state index in [1.54, 1.807) is 7.11 Å². The molecule has 0 aliphatic heterocycles. The molecule has 2 N–H and O–H groups in total. The number of methoxy groups -OCH3 is 1. The number of terminal acetylenes is 1. The fourth-order valence-electron chi connectivity index (χ4n) is 2.39. The van der Waals surface area contributed by atoms with Gasteiger partial charge in [-0.1, -0.05) is 18.1 Å². The van der Waals surface area contributed by atoms with E-state index in [0.717, 1.165) is 11.3 Å². The lowest BCUT2D eigenvalue weighted by atomic mass is 10.1. The zero-order chi connectivity index (χ0) is 22.0. The smallest absolute Gasteiger partial charge is 0.338 e. The summed E-state index contributed by atoms with van der Waals surface area (Å²) in [6, 6.07) is 12.6. The van der Waals surface area contributed by atoms with Gasteiger partial charge in [0.25, 0.3) is 5.91 Å². The van der Waals surface area contributed by atoms with E-state index in [-0.39, 0.29) is 17.0 Å². The van der Waals surface area contributed by atoms with Gasteiger partial charge in [0.05, 0.1) is 24.1 Å². The summed E-state index contributed by atoms with van der Waals surface area (Å²) in [5, 5.41) is 2.66. The van der Waals surface area contributed by atoms with Crippen LogP contribution >= 0.6 is 0 Å². The van der Waals surface area contributed by atoms with Crippen molar-refractivity contribution in [2.45, 2.75) is 11.3 Å². The SMILES string of the molecule is C#CCNS(=O)(=O)c1ccc(C(=O)OCC(=O)NCCc2ccc(OC)cc2)cc1. The second-order valence-corrected chi connectivity index (χ2v) is 7.84. The number of nitrogens with one attached hydrogen (secondary N) is 2. The van der Waals surface area contributed by atoms with Crippen LogP contribution in [0.1, 0.15) is 15.9 Å². The molecule has 0 saturated heterocycles. The number of carbonyl (C=O) groups is 2. The molecule has 0 bridgehead atoms. The van der Waals surface area contributed by atoms with E-state index >= 15 is 0 Å². The van der Waals surface area contributed by atoms with Crippen LogP contribution in [0.4, 0.5) is 0 Å². The van der Waals surface area contributed by atoms with Gasteiger partial charge in [-0.25, -0.2) is 13.2 Å². The normalized spacial score (nSPS) is 10.7. The molecule has 0 saturated carbocycles. The van der Waals surface area contributed by atoms with E-state index < -0.39 is 28.5 Å². The van der Waals surface area contributed by atoms with Crippen molar-refractivity contribution in [3.63, 3.8) is 0 Å². The molecule has 0 spiro atoms. The number of carbonyl (C=O) groups excluding carboxylic acids is 2. The summed E-state index contributed by atoms with van der Waals surface area (Å²) < 4.78 is 36.1. The highest BCUT2D eigenvalue weighted by atomic mass is 32.2. The van der Waals surface area contributed by atoms with Crippen LogP contribution in [0, 0.1) is 12.3 Å². The molecule has 158 valence electrons. The van der Waals surface area contributed by atoms with Crippen LogP contribution in [0.15, 0.2) is 53.4 Å². The van der Waals surface area contributed by atoms with Crippen molar-refractivity contribution in [2.24, 2.45) is 0 Å². The van der Waals surface area contributed by atoms with Gasteiger partial charge in [-0.05, 0) is 48.4 Å². The van der Waals surface area contributed by atoms with Gasteiger partial charge in [0.1, 0.15) is 5.75 Å². The number of hydrogen-bond donors (Lipinski definition) is 2. The summed E-state index contributed by atoms with van der Waals surface area (Å²) in [6.07, 6.45) is 5.65. The lowest BCUT2D eigenvalue weighted by Gasteiger charge is -2.08. The van der Waals surface area contributed by atoms with Crippen LogP contribution in [-0.2, 0) is 26.0 Å². The summed E-state index contributed by atoms with van der Waals surface area (Å²) >= 11 is 0. The Morgan fingerprint density at radius 2 is 1.73 bits per heavy atom. The topological polar surface area (TPSA) is 111 Å². The van der Waals surface area contributed by atoms with Crippen LogP contribution in [0.3, 0.4) is 0 Å². The van der Waals surface area contributed by atoms with E-state index in [1.807, 2.05) is 24.3 Å². The first-order chi connectivity index (χ1) is 14.4. The third kappa shape index (κ3) is 6.92. The summed E-state index contributed by atoms with van der Waals surface area (Å²) in [6.45, 7) is -0.190. The number of rotatable bonds is 10. The molecule has 0 aromatic heterocycles. The van der Waals surface area contributed by atoms with Crippen molar-refractivity contribution >= 4 is 21.9 Å². The first-order valence-corrected chi connectivity index (χ1v) is 10.4. The number of ether oxygens (including phenoxy) is 2. The standard InChI is InChI=1S/C21H22N2O6S/c1-3-13-23-30(26,27)19-10-6-17(7-11-19)21(25)29-15-20(24)22-14-12-16-4-8-18(28-2)9-5-16/h1,4-11,23H,12-15H2,2H3,(H,22,24). The second kappa shape index (κ2) is 11.0. The maximum atomic E-state index is 12.0. The average molecular weight is 430 g/mol. The predicted octanol–water partition coefficient (Wildman–Crippen LogP) is 1.12. The monoisotopic (exact) mass is 430 g/mol. The van der Waals surface area contributed by atoms with E-state index in [9.17, 15) is 18.0 Å². The molecule has 2 aromatic carbocycles. The van der Waals surface area contributed by atoms with Crippen molar-refractivity contribution in [3.8, 4) is 18.1 Å². The van der Waals surface area contributed by atoms with Crippen LogP contribution in [0.25, 0.3) is 0 Å². The number of esters is 1. The van der Waals surface area contributed by atoms with Gasteiger partial charge in [0, 0.05) is 6.54 Å².